The summed E-state index contributed by atoms with van der Waals surface area (Å²) in [5.74, 6) is -2.27. The van der Waals surface area contributed by atoms with Gasteiger partial charge < -0.3 is 19.5 Å². The molecule has 44 heavy (non-hydrogen) atoms. The van der Waals surface area contributed by atoms with Crippen molar-refractivity contribution in [3.63, 3.8) is 0 Å². The molecule has 0 saturated carbocycles. The van der Waals surface area contributed by atoms with Gasteiger partial charge in [0.05, 0.1) is 30.6 Å². The number of thiophene rings is 1. The van der Waals surface area contributed by atoms with E-state index >= 15 is 0 Å². The zero-order chi connectivity index (χ0) is 31.1. The number of amides is 2. The van der Waals surface area contributed by atoms with Crippen molar-refractivity contribution in [1.82, 2.24) is 5.43 Å². The first kappa shape index (κ1) is 30.4. The molecule has 0 fully saturated rings. The molecule has 0 unspecified atom stereocenters. The molecule has 0 aliphatic heterocycles. The number of fused-ring (bicyclic) bond motifs is 2. The summed E-state index contributed by atoms with van der Waals surface area (Å²) in [6.45, 7) is 4.28. The maximum atomic E-state index is 12.9. The van der Waals surface area contributed by atoms with E-state index in [4.69, 9.17) is 14.2 Å². The number of hydrazone groups is 1. The van der Waals surface area contributed by atoms with E-state index in [1.165, 1.54) is 17.6 Å². The van der Waals surface area contributed by atoms with Crippen molar-refractivity contribution in [1.29, 1.82) is 0 Å². The third-order valence-electron chi connectivity index (χ3n) is 6.98. The first-order valence-corrected chi connectivity index (χ1v) is 15.1. The molecule has 0 radical (unpaired) electrons. The number of esters is 2. The highest BCUT2D eigenvalue weighted by atomic mass is 32.1. The summed E-state index contributed by atoms with van der Waals surface area (Å²) >= 11 is 1.29. The van der Waals surface area contributed by atoms with Gasteiger partial charge >= 0.3 is 23.8 Å². The fraction of sp³-hybridized carbons (Fsp3) is 0.242. The average molecular weight is 614 g/mol. The summed E-state index contributed by atoms with van der Waals surface area (Å²) in [6, 6.07) is 17.4. The molecule has 1 aliphatic rings. The Hall–Kier alpha value is -5.03. The third kappa shape index (κ3) is 6.78. The van der Waals surface area contributed by atoms with Crippen LogP contribution >= 0.6 is 11.3 Å². The van der Waals surface area contributed by atoms with E-state index in [1.807, 2.05) is 31.2 Å². The summed E-state index contributed by atoms with van der Waals surface area (Å²) in [4.78, 5) is 52.2. The second kappa shape index (κ2) is 14.0. The van der Waals surface area contributed by atoms with E-state index < -0.39 is 23.8 Å². The molecular formula is C33H31N3O7S. The molecule has 0 atom stereocenters. The monoisotopic (exact) mass is 613 g/mol. The van der Waals surface area contributed by atoms with Gasteiger partial charge in [-0.25, -0.2) is 15.0 Å². The van der Waals surface area contributed by atoms with Crippen LogP contribution in [0.3, 0.4) is 0 Å². The molecule has 0 bridgehead atoms. The van der Waals surface area contributed by atoms with Crippen LogP contribution in [0.15, 0.2) is 65.8 Å². The summed E-state index contributed by atoms with van der Waals surface area (Å²) < 4.78 is 16.4. The number of hydrogen-bond acceptors (Lipinski definition) is 9. The number of carbonyl (C=O) groups is 4. The maximum Gasteiger partial charge on any atom is 0.343 e. The molecule has 0 saturated heterocycles. The van der Waals surface area contributed by atoms with Crippen molar-refractivity contribution < 1.29 is 33.4 Å². The Balaban J connectivity index is 1.33. The van der Waals surface area contributed by atoms with Gasteiger partial charge in [0, 0.05) is 10.4 Å². The lowest BCUT2D eigenvalue weighted by atomic mass is 9.95. The average Bonchev–Trinajstić information content (AvgIpc) is 3.40. The number of aryl methyl sites for hydroxylation is 1. The molecule has 10 nitrogen and oxygen atoms in total. The second-order valence-corrected chi connectivity index (χ2v) is 10.9. The highest BCUT2D eigenvalue weighted by molar-refractivity contribution is 7.17. The molecule has 4 aromatic rings. The molecule has 5 rings (SSSR count). The van der Waals surface area contributed by atoms with E-state index in [0.29, 0.717) is 35.5 Å². The topological polar surface area (TPSA) is 132 Å². The molecule has 3 aromatic carbocycles. The summed E-state index contributed by atoms with van der Waals surface area (Å²) in [5, 5.41) is 8.43. The lowest BCUT2D eigenvalue weighted by Gasteiger charge is -2.12. The lowest BCUT2D eigenvalue weighted by Crippen LogP contribution is -2.32. The number of rotatable bonds is 9. The Morgan fingerprint density at radius 1 is 0.886 bits per heavy atom. The van der Waals surface area contributed by atoms with Gasteiger partial charge in [-0.15, -0.1) is 11.3 Å². The molecule has 11 heteroatoms. The number of hydrogen-bond donors (Lipinski definition) is 2. The lowest BCUT2D eigenvalue weighted by molar-refractivity contribution is -0.136. The maximum absolute atomic E-state index is 12.9. The molecule has 2 N–H and O–H groups in total. The van der Waals surface area contributed by atoms with Crippen molar-refractivity contribution in [3.8, 4) is 11.5 Å². The van der Waals surface area contributed by atoms with Gasteiger partial charge in [0.1, 0.15) is 16.5 Å². The molecule has 2 amide bonds. The third-order valence-corrected chi connectivity index (χ3v) is 8.19. The molecular weight excluding hydrogens is 582 g/mol. The van der Waals surface area contributed by atoms with Gasteiger partial charge in [-0.1, -0.05) is 30.3 Å². The predicted molar refractivity (Wildman–Crippen MR) is 168 cm³/mol. The van der Waals surface area contributed by atoms with Crippen LogP contribution in [-0.2, 0) is 27.2 Å². The summed E-state index contributed by atoms with van der Waals surface area (Å²) in [6.07, 6.45) is 4.76. The molecule has 1 aromatic heterocycles. The van der Waals surface area contributed by atoms with E-state index in [1.54, 1.807) is 43.3 Å². The summed E-state index contributed by atoms with van der Waals surface area (Å²) in [7, 11) is 0. The minimum absolute atomic E-state index is 0.192. The van der Waals surface area contributed by atoms with Crippen molar-refractivity contribution in [3.05, 3.63) is 87.8 Å². The van der Waals surface area contributed by atoms with Crippen molar-refractivity contribution in [2.45, 2.75) is 39.5 Å². The Morgan fingerprint density at radius 2 is 1.66 bits per heavy atom. The zero-order valence-corrected chi connectivity index (χ0v) is 25.1. The minimum Gasteiger partial charge on any atom is -0.494 e. The van der Waals surface area contributed by atoms with Gasteiger partial charge in [0.25, 0.3) is 0 Å². The fourth-order valence-corrected chi connectivity index (χ4v) is 6.22. The van der Waals surface area contributed by atoms with Gasteiger partial charge in [-0.2, -0.15) is 5.10 Å². The Bertz CT molecular complexity index is 1740. The second-order valence-electron chi connectivity index (χ2n) is 9.83. The minimum atomic E-state index is -1.03. The van der Waals surface area contributed by atoms with Crippen LogP contribution in [0.25, 0.3) is 10.8 Å². The predicted octanol–water partition coefficient (Wildman–Crippen LogP) is 5.66. The molecule has 0 spiro atoms. The number of nitrogens with one attached hydrogen (secondary N) is 2. The highest BCUT2D eigenvalue weighted by Gasteiger charge is 2.28. The van der Waals surface area contributed by atoms with Crippen LogP contribution in [0.4, 0.5) is 5.00 Å². The number of anilines is 1. The van der Waals surface area contributed by atoms with E-state index in [2.05, 4.69) is 15.8 Å². The summed E-state index contributed by atoms with van der Waals surface area (Å²) in [5.41, 5.74) is 4.17. The molecule has 226 valence electrons. The van der Waals surface area contributed by atoms with Crippen molar-refractivity contribution >= 4 is 57.1 Å². The van der Waals surface area contributed by atoms with Gasteiger partial charge in [0.15, 0.2) is 0 Å². The first-order chi connectivity index (χ1) is 21.4. The molecule has 1 heterocycles. The van der Waals surface area contributed by atoms with Crippen LogP contribution in [0.1, 0.15) is 63.4 Å². The smallest absolute Gasteiger partial charge is 0.343 e. The van der Waals surface area contributed by atoms with Crippen molar-refractivity contribution in [2.24, 2.45) is 5.10 Å². The van der Waals surface area contributed by atoms with Crippen LogP contribution in [-0.4, -0.2) is 43.2 Å². The standard InChI is InChI=1S/C33H31N3O7S/c1-3-41-22-16-13-21(14-17-22)32(39)43-26-18-15-20-9-5-6-10-23(20)25(26)19-34-36-30(38)29(37)35-31-28(33(40)42-4-2)24-11-7-8-12-27(24)44-31/h5-6,9-10,13-19H,3-4,7-8,11-12H2,1-2H3,(H,35,37)(H,36,38)/b34-19+. The van der Waals surface area contributed by atoms with Crippen LogP contribution in [0.5, 0.6) is 11.5 Å². The zero-order valence-electron chi connectivity index (χ0n) is 24.3. The van der Waals surface area contributed by atoms with E-state index in [-0.39, 0.29) is 17.4 Å². The quantitative estimate of drug-likeness (QED) is 0.0818. The normalized spacial score (nSPS) is 12.4. The highest BCUT2D eigenvalue weighted by Crippen LogP contribution is 2.38. The number of ether oxygens (including phenoxy) is 3. The van der Waals surface area contributed by atoms with Crippen LogP contribution < -0.4 is 20.2 Å². The van der Waals surface area contributed by atoms with Crippen LogP contribution in [0.2, 0.25) is 0 Å². The Kier molecular flexibility index (Phi) is 9.65. The van der Waals surface area contributed by atoms with Gasteiger partial charge in [0.2, 0.25) is 0 Å². The van der Waals surface area contributed by atoms with Crippen molar-refractivity contribution in [2.75, 3.05) is 18.5 Å². The SMILES string of the molecule is CCOC(=O)c1c(NC(=O)C(=O)N/N=C/c2c(OC(=O)c3ccc(OCC)cc3)ccc3ccccc23)sc2c1CCCC2. The van der Waals surface area contributed by atoms with Gasteiger partial charge in [-0.3, -0.25) is 9.59 Å². The number of carbonyl (C=O) groups excluding carboxylic acids is 4. The largest absolute Gasteiger partial charge is 0.494 e. The number of nitrogens with zero attached hydrogens (tertiary/aromatic N) is 1. The Morgan fingerprint density at radius 3 is 2.43 bits per heavy atom. The van der Waals surface area contributed by atoms with E-state index in [9.17, 15) is 19.2 Å². The Labute approximate surface area is 258 Å². The first-order valence-electron chi connectivity index (χ1n) is 14.3. The fourth-order valence-electron chi connectivity index (χ4n) is 4.95. The van der Waals surface area contributed by atoms with Crippen LogP contribution in [0, 0.1) is 0 Å². The number of benzene rings is 3. The molecule has 1 aliphatic carbocycles. The van der Waals surface area contributed by atoms with E-state index in [0.717, 1.165) is 40.5 Å². The van der Waals surface area contributed by atoms with Gasteiger partial charge in [-0.05, 0) is 86.2 Å².